The highest BCUT2D eigenvalue weighted by molar-refractivity contribution is 6.30. The molecule has 3 N–H and O–H groups in total. The molecule has 36 heavy (non-hydrogen) atoms. The van der Waals surface area contributed by atoms with Crippen molar-refractivity contribution in [3.8, 4) is 0 Å². The first-order chi connectivity index (χ1) is 17.5. The molecule has 7 nitrogen and oxygen atoms in total. The first kappa shape index (κ1) is 24.3. The van der Waals surface area contributed by atoms with E-state index >= 15 is 0 Å². The number of carbonyl (C=O) groups is 2. The molecule has 186 valence electrons. The normalized spacial score (nSPS) is 19.0. The van der Waals surface area contributed by atoms with Gasteiger partial charge in [-0.25, -0.2) is 4.79 Å². The molecule has 3 aromatic carbocycles. The highest BCUT2D eigenvalue weighted by Gasteiger charge is 2.40. The summed E-state index contributed by atoms with van der Waals surface area (Å²) in [5, 5.41) is 9.85. The number of nitrogens with zero attached hydrogens (tertiary/aromatic N) is 1. The third-order valence-corrected chi connectivity index (χ3v) is 6.86. The summed E-state index contributed by atoms with van der Waals surface area (Å²) in [5.74, 6) is -0.221. The molecule has 3 amide bonds. The number of likely N-dealkylation sites (tertiary alicyclic amines) is 1. The van der Waals surface area contributed by atoms with Gasteiger partial charge in [-0.15, -0.1) is 0 Å². The summed E-state index contributed by atoms with van der Waals surface area (Å²) in [6.45, 7) is 2.50. The lowest BCUT2D eigenvalue weighted by atomic mass is 10.0. The van der Waals surface area contributed by atoms with Crippen LogP contribution in [0.15, 0.2) is 72.8 Å². The number of hydrogen-bond acceptors (Lipinski definition) is 4. The molecule has 0 aliphatic carbocycles. The van der Waals surface area contributed by atoms with Crippen LogP contribution in [0.2, 0.25) is 5.02 Å². The maximum Gasteiger partial charge on any atom is 0.322 e. The van der Waals surface area contributed by atoms with E-state index in [2.05, 4.69) is 16.0 Å². The second kappa shape index (κ2) is 11.1. The number of fused-ring (bicyclic) bond motifs is 1. The lowest BCUT2D eigenvalue weighted by Crippen LogP contribution is -2.45. The summed E-state index contributed by atoms with van der Waals surface area (Å²) >= 11 is 5.97. The van der Waals surface area contributed by atoms with Gasteiger partial charge in [-0.05, 0) is 66.1 Å². The average Bonchev–Trinajstić information content (AvgIpc) is 3.34. The number of ether oxygens (including phenoxy) is 1. The van der Waals surface area contributed by atoms with Crippen molar-refractivity contribution >= 4 is 34.9 Å². The standard InChI is InChI=1S/C28H29ClN4O3/c29-22-7-10-23(11-8-22)32-28(35)33-17-25(36-18-19-4-2-1-3-5-19)15-26(33)27(34)31-24-9-6-21-16-30-13-12-20(21)14-24/h1-11,14,25-26,30H,12-13,15-18H2,(H,31,34)(H,32,35). The predicted molar refractivity (Wildman–Crippen MR) is 141 cm³/mol. The van der Waals surface area contributed by atoms with Crippen LogP contribution in [0.3, 0.4) is 0 Å². The number of rotatable bonds is 6. The molecule has 3 aromatic rings. The van der Waals surface area contributed by atoms with Gasteiger partial charge in [0.1, 0.15) is 6.04 Å². The first-order valence-electron chi connectivity index (χ1n) is 12.2. The van der Waals surface area contributed by atoms with E-state index in [4.69, 9.17) is 16.3 Å². The Hall–Kier alpha value is -3.39. The Morgan fingerprint density at radius 1 is 0.972 bits per heavy atom. The average molecular weight is 505 g/mol. The highest BCUT2D eigenvalue weighted by atomic mass is 35.5. The van der Waals surface area contributed by atoms with E-state index in [1.165, 1.54) is 11.1 Å². The Kier molecular flexibility index (Phi) is 7.51. The molecule has 0 bridgehead atoms. The second-order valence-corrected chi connectivity index (χ2v) is 9.60. The van der Waals surface area contributed by atoms with E-state index in [1.54, 1.807) is 29.2 Å². The molecular formula is C28H29ClN4O3. The molecule has 1 fully saturated rings. The molecule has 2 atom stereocenters. The maximum absolute atomic E-state index is 13.4. The SMILES string of the molecule is O=C(Nc1ccc2c(c1)CCNC2)C1CC(OCc2ccccc2)CN1C(=O)Nc1ccc(Cl)cc1. The Bertz CT molecular complexity index is 1220. The van der Waals surface area contributed by atoms with Crippen LogP contribution in [-0.4, -0.2) is 42.1 Å². The fourth-order valence-electron chi connectivity index (χ4n) is 4.69. The largest absolute Gasteiger partial charge is 0.372 e. The third-order valence-electron chi connectivity index (χ3n) is 6.61. The highest BCUT2D eigenvalue weighted by Crippen LogP contribution is 2.26. The third kappa shape index (κ3) is 5.87. The van der Waals surface area contributed by atoms with Gasteiger partial charge in [-0.2, -0.15) is 0 Å². The predicted octanol–water partition coefficient (Wildman–Crippen LogP) is 4.82. The van der Waals surface area contributed by atoms with Crippen LogP contribution in [0, 0.1) is 0 Å². The van der Waals surface area contributed by atoms with Gasteiger partial charge in [-0.1, -0.05) is 48.0 Å². The van der Waals surface area contributed by atoms with E-state index < -0.39 is 6.04 Å². The summed E-state index contributed by atoms with van der Waals surface area (Å²) < 4.78 is 6.11. The molecule has 5 rings (SSSR count). The van der Waals surface area contributed by atoms with E-state index in [0.29, 0.717) is 30.3 Å². The fourth-order valence-corrected chi connectivity index (χ4v) is 4.81. The molecule has 2 heterocycles. The number of nitrogens with one attached hydrogen (secondary N) is 3. The van der Waals surface area contributed by atoms with Gasteiger partial charge in [0.15, 0.2) is 0 Å². The van der Waals surface area contributed by atoms with Crippen molar-refractivity contribution in [3.05, 3.63) is 94.5 Å². The van der Waals surface area contributed by atoms with Crippen molar-refractivity contribution in [1.29, 1.82) is 0 Å². The Labute approximate surface area is 215 Å². The van der Waals surface area contributed by atoms with Crippen LogP contribution >= 0.6 is 11.6 Å². The van der Waals surface area contributed by atoms with E-state index in [0.717, 1.165) is 30.8 Å². The summed E-state index contributed by atoms with van der Waals surface area (Å²) in [4.78, 5) is 28.2. The summed E-state index contributed by atoms with van der Waals surface area (Å²) in [6, 6.07) is 21.8. The van der Waals surface area contributed by atoms with Gasteiger partial charge >= 0.3 is 6.03 Å². The Morgan fingerprint density at radius 3 is 2.56 bits per heavy atom. The van der Waals surface area contributed by atoms with Gasteiger partial charge in [0, 0.05) is 35.9 Å². The smallest absolute Gasteiger partial charge is 0.322 e. The van der Waals surface area contributed by atoms with Crippen molar-refractivity contribution in [2.24, 2.45) is 0 Å². The Morgan fingerprint density at radius 2 is 1.75 bits per heavy atom. The van der Waals surface area contributed by atoms with Gasteiger partial charge in [-0.3, -0.25) is 4.79 Å². The number of halogens is 1. The zero-order valence-electron chi connectivity index (χ0n) is 19.9. The molecule has 0 saturated carbocycles. The number of hydrogen-bond donors (Lipinski definition) is 3. The van der Waals surface area contributed by atoms with Crippen LogP contribution in [-0.2, 0) is 29.1 Å². The number of urea groups is 1. The summed E-state index contributed by atoms with van der Waals surface area (Å²) in [6.07, 6.45) is 1.08. The molecule has 0 radical (unpaired) electrons. The van der Waals surface area contributed by atoms with E-state index in [-0.39, 0.29) is 18.0 Å². The minimum atomic E-state index is -0.657. The lowest BCUT2D eigenvalue weighted by Gasteiger charge is -2.24. The lowest BCUT2D eigenvalue weighted by molar-refractivity contribution is -0.119. The quantitative estimate of drug-likeness (QED) is 0.449. The minimum Gasteiger partial charge on any atom is -0.372 e. The molecular weight excluding hydrogens is 476 g/mol. The molecule has 8 heteroatoms. The van der Waals surface area contributed by atoms with Gasteiger partial charge in [0.25, 0.3) is 0 Å². The molecule has 0 spiro atoms. The summed E-state index contributed by atoms with van der Waals surface area (Å²) in [5.41, 5.74) is 4.89. The van der Waals surface area contributed by atoms with Crippen molar-refractivity contribution < 1.29 is 14.3 Å². The van der Waals surface area contributed by atoms with Crippen LogP contribution in [0.4, 0.5) is 16.2 Å². The number of benzene rings is 3. The monoisotopic (exact) mass is 504 g/mol. The molecule has 2 unspecified atom stereocenters. The minimum absolute atomic E-state index is 0.221. The van der Waals surface area contributed by atoms with Crippen LogP contribution in [0.25, 0.3) is 0 Å². The van der Waals surface area contributed by atoms with Crippen LogP contribution in [0.1, 0.15) is 23.1 Å². The number of amides is 3. The first-order valence-corrected chi connectivity index (χ1v) is 12.5. The maximum atomic E-state index is 13.4. The van der Waals surface area contributed by atoms with Crippen LogP contribution in [0.5, 0.6) is 0 Å². The number of anilines is 2. The van der Waals surface area contributed by atoms with Gasteiger partial charge in [0.2, 0.25) is 5.91 Å². The van der Waals surface area contributed by atoms with Crippen molar-refractivity contribution in [1.82, 2.24) is 10.2 Å². The second-order valence-electron chi connectivity index (χ2n) is 9.16. The Balaban J connectivity index is 1.30. The number of carbonyl (C=O) groups excluding carboxylic acids is 2. The fraction of sp³-hybridized carbons (Fsp3) is 0.286. The topological polar surface area (TPSA) is 82.7 Å². The zero-order valence-corrected chi connectivity index (χ0v) is 20.6. The van der Waals surface area contributed by atoms with E-state index in [9.17, 15) is 9.59 Å². The molecule has 2 aliphatic rings. The van der Waals surface area contributed by atoms with Crippen molar-refractivity contribution in [2.75, 3.05) is 23.7 Å². The van der Waals surface area contributed by atoms with Crippen molar-refractivity contribution in [3.63, 3.8) is 0 Å². The molecule has 2 aliphatic heterocycles. The van der Waals surface area contributed by atoms with Crippen molar-refractivity contribution in [2.45, 2.75) is 38.1 Å². The van der Waals surface area contributed by atoms with E-state index in [1.807, 2.05) is 48.5 Å². The van der Waals surface area contributed by atoms with Gasteiger partial charge < -0.3 is 25.6 Å². The zero-order chi connectivity index (χ0) is 24.9. The summed E-state index contributed by atoms with van der Waals surface area (Å²) in [7, 11) is 0. The molecule has 1 saturated heterocycles. The molecule has 0 aromatic heterocycles. The van der Waals surface area contributed by atoms with Crippen LogP contribution < -0.4 is 16.0 Å². The van der Waals surface area contributed by atoms with Gasteiger partial charge in [0.05, 0.1) is 12.7 Å².